The van der Waals surface area contributed by atoms with Crippen molar-refractivity contribution in [3.63, 3.8) is 0 Å². The molecule has 0 bridgehead atoms. The molecular formula is C11H24N2. The summed E-state index contributed by atoms with van der Waals surface area (Å²) in [5.74, 6) is 1.73. The molecular weight excluding hydrogens is 160 g/mol. The van der Waals surface area contributed by atoms with Gasteiger partial charge in [-0.1, -0.05) is 26.7 Å². The second kappa shape index (κ2) is 4.97. The molecule has 3 unspecified atom stereocenters. The van der Waals surface area contributed by atoms with Gasteiger partial charge >= 0.3 is 0 Å². The number of hydrogen-bond donors (Lipinski definition) is 1. The van der Waals surface area contributed by atoms with Gasteiger partial charge in [-0.15, -0.1) is 0 Å². The van der Waals surface area contributed by atoms with Gasteiger partial charge in [-0.25, -0.2) is 0 Å². The van der Waals surface area contributed by atoms with Gasteiger partial charge in [-0.2, -0.15) is 0 Å². The first-order chi connectivity index (χ1) is 6.22. The number of likely N-dealkylation sites (tertiary alicyclic amines) is 1. The molecule has 2 nitrogen and oxygen atoms in total. The van der Waals surface area contributed by atoms with E-state index in [1.54, 1.807) is 0 Å². The normalized spacial score (nSPS) is 36.5. The Hall–Kier alpha value is -0.0800. The summed E-state index contributed by atoms with van der Waals surface area (Å²) in [5, 5.41) is 0. The minimum atomic E-state index is 0.632. The molecule has 0 saturated carbocycles. The van der Waals surface area contributed by atoms with Crippen LogP contribution in [0.1, 0.15) is 33.1 Å². The van der Waals surface area contributed by atoms with Gasteiger partial charge in [0.15, 0.2) is 0 Å². The second-order valence-corrected chi connectivity index (χ2v) is 4.42. The third-order valence-corrected chi connectivity index (χ3v) is 3.64. The van der Waals surface area contributed by atoms with Gasteiger partial charge in [0.2, 0.25) is 0 Å². The highest BCUT2D eigenvalue weighted by Crippen LogP contribution is 2.29. The van der Waals surface area contributed by atoms with Crippen molar-refractivity contribution >= 4 is 0 Å². The number of rotatable bonds is 3. The van der Waals surface area contributed by atoms with Crippen molar-refractivity contribution < 1.29 is 0 Å². The summed E-state index contributed by atoms with van der Waals surface area (Å²) in [6.45, 7) is 6.66. The van der Waals surface area contributed by atoms with Crippen LogP contribution >= 0.6 is 0 Å². The molecule has 0 radical (unpaired) electrons. The SMILES string of the molecule is CCC1CC(CC)C(CN)N(C)C1. The van der Waals surface area contributed by atoms with Crippen molar-refractivity contribution in [2.45, 2.75) is 39.2 Å². The molecule has 2 N–H and O–H groups in total. The topological polar surface area (TPSA) is 29.3 Å². The summed E-state index contributed by atoms with van der Waals surface area (Å²) in [5.41, 5.74) is 5.80. The molecule has 13 heavy (non-hydrogen) atoms. The quantitative estimate of drug-likeness (QED) is 0.723. The smallest absolute Gasteiger partial charge is 0.0243 e. The van der Waals surface area contributed by atoms with E-state index in [2.05, 4.69) is 25.8 Å². The molecule has 0 aliphatic carbocycles. The fourth-order valence-corrected chi connectivity index (χ4v) is 2.67. The van der Waals surface area contributed by atoms with Gasteiger partial charge in [0, 0.05) is 19.1 Å². The molecule has 2 heteroatoms. The van der Waals surface area contributed by atoms with Crippen LogP contribution in [0.3, 0.4) is 0 Å². The van der Waals surface area contributed by atoms with Crippen molar-refractivity contribution in [2.75, 3.05) is 20.1 Å². The van der Waals surface area contributed by atoms with E-state index in [1.165, 1.54) is 25.8 Å². The Labute approximate surface area is 82.5 Å². The minimum Gasteiger partial charge on any atom is -0.329 e. The van der Waals surface area contributed by atoms with E-state index in [0.717, 1.165) is 18.4 Å². The van der Waals surface area contributed by atoms with Crippen LogP contribution in [0.4, 0.5) is 0 Å². The number of nitrogens with two attached hydrogens (primary N) is 1. The predicted octanol–water partition coefficient (Wildman–Crippen LogP) is 1.70. The maximum atomic E-state index is 5.80. The van der Waals surface area contributed by atoms with Crippen LogP contribution in [0.15, 0.2) is 0 Å². The minimum absolute atomic E-state index is 0.632. The van der Waals surface area contributed by atoms with Crippen LogP contribution in [-0.4, -0.2) is 31.1 Å². The summed E-state index contributed by atoms with van der Waals surface area (Å²) < 4.78 is 0. The molecule has 1 heterocycles. The van der Waals surface area contributed by atoms with Crippen molar-refractivity contribution in [2.24, 2.45) is 17.6 Å². The van der Waals surface area contributed by atoms with E-state index < -0.39 is 0 Å². The van der Waals surface area contributed by atoms with Gasteiger partial charge in [-0.3, -0.25) is 0 Å². The van der Waals surface area contributed by atoms with Crippen molar-refractivity contribution in [1.82, 2.24) is 4.90 Å². The Bertz CT molecular complexity index is 147. The molecule has 1 aliphatic rings. The van der Waals surface area contributed by atoms with Gasteiger partial charge in [0.25, 0.3) is 0 Å². The molecule has 1 fully saturated rings. The van der Waals surface area contributed by atoms with E-state index in [0.29, 0.717) is 6.04 Å². The molecule has 0 aromatic rings. The zero-order valence-corrected chi connectivity index (χ0v) is 9.29. The summed E-state index contributed by atoms with van der Waals surface area (Å²) in [4.78, 5) is 2.46. The molecule has 1 rings (SSSR count). The van der Waals surface area contributed by atoms with Gasteiger partial charge in [-0.05, 0) is 25.3 Å². The third-order valence-electron chi connectivity index (χ3n) is 3.64. The van der Waals surface area contributed by atoms with E-state index in [-0.39, 0.29) is 0 Å². The van der Waals surface area contributed by atoms with E-state index >= 15 is 0 Å². The lowest BCUT2D eigenvalue weighted by molar-refractivity contribution is 0.0792. The number of hydrogen-bond acceptors (Lipinski definition) is 2. The monoisotopic (exact) mass is 184 g/mol. The van der Waals surface area contributed by atoms with Crippen molar-refractivity contribution in [3.05, 3.63) is 0 Å². The summed E-state index contributed by atoms with van der Waals surface area (Å²) >= 11 is 0. The fraction of sp³-hybridized carbons (Fsp3) is 1.00. The van der Waals surface area contributed by atoms with E-state index in [1.807, 2.05) is 0 Å². The highest BCUT2D eigenvalue weighted by atomic mass is 15.2. The second-order valence-electron chi connectivity index (χ2n) is 4.42. The molecule has 0 spiro atoms. The standard InChI is InChI=1S/C11H24N2/c1-4-9-6-10(5-2)11(7-12)13(3)8-9/h9-11H,4-8,12H2,1-3H3. The molecule has 0 amide bonds. The van der Waals surface area contributed by atoms with Crippen molar-refractivity contribution in [1.29, 1.82) is 0 Å². The van der Waals surface area contributed by atoms with Gasteiger partial charge < -0.3 is 10.6 Å². The lowest BCUT2D eigenvalue weighted by Gasteiger charge is -2.42. The Morgan fingerprint density at radius 3 is 2.46 bits per heavy atom. The van der Waals surface area contributed by atoms with Crippen LogP contribution in [-0.2, 0) is 0 Å². The Morgan fingerprint density at radius 2 is 2.00 bits per heavy atom. The molecule has 78 valence electrons. The lowest BCUT2D eigenvalue weighted by atomic mass is 9.81. The zero-order chi connectivity index (χ0) is 9.84. The third kappa shape index (κ3) is 2.44. The lowest BCUT2D eigenvalue weighted by Crippen LogP contribution is -2.50. The molecule has 0 aromatic heterocycles. The summed E-state index contributed by atoms with van der Waals surface area (Å²) in [7, 11) is 2.22. The van der Waals surface area contributed by atoms with E-state index in [9.17, 15) is 0 Å². The van der Waals surface area contributed by atoms with Crippen molar-refractivity contribution in [3.8, 4) is 0 Å². The first kappa shape index (κ1) is 11.0. The average molecular weight is 184 g/mol. The van der Waals surface area contributed by atoms with Gasteiger partial charge in [0.1, 0.15) is 0 Å². The molecule has 1 aliphatic heterocycles. The molecule has 0 aromatic carbocycles. The van der Waals surface area contributed by atoms with Crippen LogP contribution < -0.4 is 5.73 Å². The first-order valence-electron chi connectivity index (χ1n) is 5.63. The largest absolute Gasteiger partial charge is 0.329 e. The van der Waals surface area contributed by atoms with Crippen LogP contribution in [0.5, 0.6) is 0 Å². The Balaban J connectivity index is 2.57. The Kier molecular flexibility index (Phi) is 4.20. The molecule has 1 saturated heterocycles. The summed E-state index contributed by atoms with van der Waals surface area (Å²) in [6.07, 6.45) is 3.99. The van der Waals surface area contributed by atoms with Gasteiger partial charge in [0.05, 0.1) is 0 Å². The zero-order valence-electron chi connectivity index (χ0n) is 9.29. The highest BCUT2D eigenvalue weighted by molar-refractivity contribution is 4.85. The number of piperidine rings is 1. The average Bonchev–Trinajstić information content (AvgIpc) is 2.16. The molecule has 3 atom stereocenters. The van der Waals surface area contributed by atoms with Crippen LogP contribution in [0, 0.1) is 11.8 Å². The summed E-state index contributed by atoms with van der Waals surface area (Å²) in [6, 6.07) is 0.632. The first-order valence-corrected chi connectivity index (χ1v) is 5.63. The van der Waals surface area contributed by atoms with Crippen LogP contribution in [0.25, 0.3) is 0 Å². The maximum absolute atomic E-state index is 5.80. The highest BCUT2D eigenvalue weighted by Gasteiger charge is 2.31. The fourth-order valence-electron chi connectivity index (χ4n) is 2.67. The number of nitrogens with zero attached hydrogens (tertiary/aromatic N) is 1. The van der Waals surface area contributed by atoms with Crippen LogP contribution in [0.2, 0.25) is 0 Å². The predicted molar refractivity (Wildman–Crippen MR) is 57.7 cm³/mol. The number of likely N-dealkylation sites (N-methyl/N-ethyl adjacent to an activating group) is 1. The maximum Gasteiger partial charge on any atom is 0.0243 e. The van der Waals surface area contributed by atoms with E-state index in [4.69, 9.17) is 5.73 Å². The Morgan fingerprint density at radius 1 is 1.31 bits per heavy atom.